The van der Waals surface area contributed by atoms with Gasteiger partial charge in [0.15, 0.2) is 0 Å². The third kappa shape index (κ3) is 6.47. The largest absolute Gasteiger partial charge is 0.506 e. The number of rotatable bonds is 11. The van der Waals surface area contributed by atoms with Gasteiger partial charge in [-0.3, -0.25) is 4.79 Å². The lowest BCUT2D eigenvalue weighted by Crippen LogP contribution is -2.29. The molecule has 0 radical (unpaired) electrons. The third-order valence-electron chi connectivity index (χ3n) is 5.67. The van der Waals surface area contributed by atoms with E-state index in [2.05, 4.69) is 31.2 Å². The lowest BCUT2D eigenvalue weighted by Gasteiger charge is -2.16. The highest BCUT2D eigenvalue weighted by atomic mass is 32.2. The minimum absolute atomic E-state index is 0.112. The van der Waals surface area contributed by atoms with Crippen LogP contribution in [0.25, 0.3) is 0 Å². The minimum atomic E-state index is -3.92. The van der Waals surface area contributed by atoms with Crippen LogP contribution < -0.4 is 9.03 Å². The van der Waals surface area contributed by atoms with Gasteiger partial charge in [-0.1, -0.05) is 69.4 Å². The predicted molar refractivity (Wildman–Crippen MR) is 123 cm³/mol. The summed E-state index contributed by atoms with van der Waals surface area (Å²) in [6, 6.07) is 13.6. The van der Waals surface area contributed by atoms with E-state index in [1.165, 1.54) is 49.7 Å². The maximum atomic E-state index is 12.0. The quantitative estimate of drug-likeness (QED) is 0.507. The van der Waals surface area contributed by atoms with E-state index in [9.17, 15) is 18.3 Å². The first kappa shape index (κ1) is 23.1. The Morgan fingerprint density at radius 1 is 0.871 bits per heavy atom. The van der Waals surface area contributed by atoms with Crippen molar-refractivity contribution < 1.29 is 18.3 Å². The van der Waals surface area contributed by atoms with Crippen molar-refractivity contribution in [3.05, 3.63) is 59.2 Å². The molecule has 6 nitrogen and oxygen atoms in total. The summed E-state index contributed by atoms with van der Waals surface area (Å²) in [6.07, 6.45) is 10.5. The molecule has 0 bridgehead atoms. The average molecular weight is 445 g/mol. The lowest BCUT2D eigenvalue weighted by molar-refractivity contribution is -0.117. The summed E-state index contributed by atoms with van der Waals surface area (Å²) in [5.41, 5.74) is 3.62. The van der Waals surface area contributed by atoms with Gasteiger partial charge in [-0.15, -0.1) is 0 Å². The van der Waals surface area contributed by atoms with E-state index >= 15 is 0 Å². The van der Waals surface area contributed by atoms with Gasteiger partial charge < -0.3 is 5.11 Å². The average Bonchev–Trinajstić information content (AvgIpc) is 3.01. The summed E-state index contributed by atoms with van der Waals surface area (Å²) in [5.74, 6) is -0.754. The molecular weight excluding hydrogens is 412 g/mol. The molecule has 0 aliphatic carbocycles. The van der Waals surface area contributed by atoms with Gasteiger partial charge >= 0.3 is 10.2 Å². The van der Waals surface area contributed by atoms with Crippen LogP contribution in [-0.2, 0) is 34.3 Å². The van der Waals surface area contributed by atoms with Crippen molar-refractivity contribution in [1.29, 1.82) is 0 Å². The molecule has 0 aromatic heterocycles. The van der Waals surface area contributed by atoms with Crippen LogP contribution in [-0.4, -0.2) is 26.0 Å². The van der Waals surface area contributed by atoms with Crippen LogP contribution in [0.2, 0.25) is 0 Å². The number of nitrogens with one attached hydrogen (secondary N) is 1. The summed E-state index contributed by atoms with van der Waals surface area (Å²) >= 11 is 0. The SMILES string of the molecule is CCCCCCCCc1ccc(CCc2ccc(N3CC(=O)NS3(=O)=O)c(O)c2)cc1. The second-order valence-corrected chi connectivity index (χ2v) is 9.79. The van der Waals surface area contributed by atoms with E-state index in [-0.39, 0.29) is 18.0 Å². The molecule has 31 heavy (non-hydrogen) atoms. The van der Waals surface area contributed by atoms with Crippen LogP contribution in [0.4, 0.5) is 5.69 Å². The van der Waals surface area contributed by atoms with E-state index < -0.39 is 16.1 Å². The molecule has 2 N–H and O–H groups in total. The maximum absolute atomic E-state index is 12.0. The van der Waals surface area contributed by atoms with Gasteiger partial charge in [-0.2, -0.15) is 8.42 Å². The Morgan fingerprint density at radius 2 is 1.45 bits per heavy atom. The Balaban J connectivity index is 1.50. The number of amides is 1. The molecule has 0 unspecified atom stereocenters. The van der Waals surface area contributed by atoms with Gasteiger partial charge in [0.1, 0.15) is 12.3 Å². The first-order valence-corrected chi connectivity index (χ1v) is 12.6. The number of carbonyl (C=O) groups is 1. The van der Waals surface area contributed by atoms with E-state index in [4.69, 9.17) is 0 Å². The molecule has 1 amide bonds. The van der Waals surface area contributed by atoms with Crippen molar-refractivity contribution in [1.82, 2.24) is 4.72 Å². The summed E-state index contributed by atoms with van der Waals surface area (Å²) in [4.78, 5) is 11.4. The molecule has 1 saturated heterocycles. The van der Waals surface area contributed by atoms with Gasteiger partial charge in [-0.25, -0.2) is 9.03 Å². The second kappa shape index (κ2) is 10.7. The van der Waals surface area contributed by atoms with Crippen molar-refractivity contribution >= 4 is 21.8 Å². The van der Waals surface area contributed by atoms with Crippen molar-refractivity contribution in [2.45, 2.75) is 64.7 Å². The zero-order chi connectivity index (χ0) is 22.3. The zero-order valence-corrected chi connectivity index (χ0v) is 19.0. The van der Waals surface area contributed by atoms with Crippen LogP contribution in [0.1, 0.15) is 62.1 Å². The number of hydrogen-bond donors (Lipinski definition) is 2. The first-order chi connectivity index (χ1) is 14.9. The van der Waals surface area contributed by atoms with E-state index in [0.29, 0.717) is 0 Å². The Labute approximate surface area is 185 Å². The van der Waals surface area contributed by atoms with E-state index in [1.54, 1.807) is 18.2 Å². The van der Waals surface area contributed by atoms with E-state index in [0.717, 1.165) is 29.1 Å². The molecule has 2 aromatic rings. The maximum Gasteiger partial charge on any atom is 0.326 e. The number of hydrogen-bond acceptors (Lipinski definition) is 4. The van der Waals surface area contributed by atoms with Gasteiger partial charge in [0.25, 0.3) is 5.91 Å². The Morgan fingerprint density at radius 3 is 2.06 bits per heavy atom. The van der Waals surface area contributed by atoms with Crippen molar-refractivity contribution in [2.24, 2.45) is 0 Å². The first-order valence-electron chi connectivity index (χ1n) is 11.1. The molecule has 1 fully saturated rings. The van der Waals surface area contributed by atoms with Gasteiger partial charge in [0.2, 0.25) is 0 Å². The Bertz CT molecular complexity index is 987. The standard InChI is InChI=1S/C24H32N2O4S/c1-2-3-4-5-6-7-8-19-9-11-20(12-10-19)13-14-21-15-16-22(23(27)17-21)26-18-24(28)25-31(26,29)30/h9-12,15-17,27H,2-8,13-14,18H2,1H3,(H,25,28). The van der Waals surface area contributed by atoms with Crippen molar-refractivity contribution in [2.75, 3.05) is 10.8 Å². The Kier molecular flexibility index (Phi) is 7.96. The molecular formula is C24H32N2O4S. The van der Waals surface area contributed by atoms with E-state index in [1.807, 2.05) is 4.72 Å². The van der Waals surface area contributed by atoms with Crippen molar-refractivity contribution in [3.8, 4) is 5.75 Å². The van der Waals surface area contributed by atoms with Gasteiger partial charge in [-0.05, 0) is 54.5 Å². The van der Waals surface area contributed by atoms with Gasteiger partial charge in [0.05, 0.1) is 5.69 Å². The summed E-state index contributed by atoms with van der Waals surface area (Å²) in [5, 5.41) is 10.3. The number of anilines is 1. The van der Waals surface area contributed by atoms with Crippen LogP contribution in [0.5, 0.6) is 5.75 Å². The van der Waals surface area contributed by atoms with Crippen LogP contribution >= 0.6 is 0 Å². The number of nitrogens with zero attached hydrogens (tertiary/aromatic N) is 1. The highest BCUT2D eigenvalue weighted by Crippen LogP contribution is 2.31. The smallest absolute Gasteiger partial charge is 0.326 e. The predicted octanol–water partition coefficient (Wildman–Crippen LogP) is 4.26. The number of aryl methyl sites for hydroxylation is 3. The summed E-state index contributed by atoms with van der Waals surface area (Å²) < 4.78 is 26.7. The number of phenolic OH excluding ortho intramolecular Hbond substituents is 1. The number of carbonyl (C=O) groups excluding carboxylic acids is 1. The number of unbranched alkanes of at least 4 members (excludes halogenated alkanes) is 5. The number of phenols is 1. The topological polar surface area (TPSA) is 86.7 Å². The molecule has 0 saturated carbocycles. The van der Waals surface area contributed by atoms with Crippen molar-refractivity contribution in [3.63, 3.8) is 0 Å². The fourth-order valence-electron chi connectivity index (χ4n) is 3.87. The minimum Gasteiger partial charge on any atom is -0.506 e. The number of benzene rings is 2. The Hall–Kier alpha value is -2.54. The van der Waals surface area contributed by atoms with Crippen LogP contribution in [0.3, 0.4) is 0 Å². The van der Waals surface area contributed by atoms with Gasteiger partial charge in [0, 0.05) is 0 Å². The monoisotopic (exact) mass is 444 g/mol. The number of aromatic hydroxyl groups is 1. The normalized spacial score (nSPS) is 15.3. The molecule has 1 aliphatic rings. The van der Waals surface area contributed by atoms with Crippen LogP contribution in [0.15, 0.2) is 42.5 Å². The molecule has 0 atom stereocenters. The molecule has 1 aliphatic heterocycles. The third-order valence-corrected chi connectivity index (χ3v) is 7.06. The second-order valence-electron chi connectivity index (χ2n) is 8.19. The molecule has 3 rings (SSSR count). The molecule has 0 spiro atoms. The van der Waals surface area contributed by atoms with Crippen LogP contribution in [0, 0.1) is 0 Å². The molecule has 2 aromatic carbocycles. The fourth-order valence-corrected chi connectivity index (χ4v) is 5.03. The highest BCUT2D eigenvalue weighted by Gasteiger charge is 2.35. The molecule has 7 heteroatoms. The summed E-state index contributed by atoms with van der Waals surface area (Å²) in [7, 11) is -3.92. The fraction of sp³-hybridized carbons (Fsp3) is 0.458. The summed E-state index contributed by atoms with van der Waals surface area (Å²) in [6.45, 7) is 1.92. The highest BCUT2D eigenvalue weighted by molar-refractivity contribution is 7.92. The zero-order valence-electron chi connectivity index (χ0n) is 18.1. The molecule has 168 valence electrons. The lowest BCUT2D eigenvalue weighted by atomic mass is 10.0. The molecule has 1 heterocycles.